The van der Waals surface area contributed by atoms with Crippen LogP contribution in [-0.4, -0.2) is 53.6 Å². The standard InChI is InChI=1S/C15H25N3O4/c19-13(20)6-7-16-15(22)17-12-5-4-11(10-12)14(21)18-8-2-1-3-9-18/h11-12H,1-10H2,(H,19,20)(H2,16,17,22)/t11-,12+/m1/s1. The Morgan fingerprint density at radius 2 is 1.82 bits per heavy atom. The van der Waals surface area contributed by atoms with E-state index in [1.807, 2.05) is 4.90 Å². The van der Waals surface area contributed by atoms with Crippen molar-refractivity contribution in [2.45, 2.75) is 51.0 Å². The summed E-state index contributed by atoms with van der Waals surface area (Å²) in [5.74, 6) is -0.689. The van der Waals surface area contributed by atoms with Crippen molar-refractivity contribution in [2.24, 2.45) is 5.92 Å². The molecule has 0 radical (unpaired) electrons. The Labute approximate surface area is 130 Å². The lowest BCUT2D eigenvalue weighted by Crippen LogP contribution is -2.43. The zero-order valence-corrected chi connectivity index (χ0v) is 12.8. The van der Waals surface area contributed by atoms with Crippen LogP contribution in [0, 0.1) is 5.92 Å². The lowest BCUT2D eigenvalue weighted by molar-refractivity contribution is -0.137. The van der Waals surface area contributed by atoms with Gasteiger partial charge in [-0.15, -0.1) is 0 Å². The molecule has 7 heteroatoms. The predicted octanol–water partition coefficient (Wildman–Crippen LogP) is 0.941. The molecule has 0 unspecified atom stereocenters. The largest absolute Gasteiger partial charge is 0.481 e. The van der Waals surface area contributed by atoms with Crippen LogP contribution in [0.2, 0.25) is 0 Å². The Morgan fingerprint density at radius 1 is 1.09 bits per heavy atom. The average Bonchev–Trinajstić information content (AvgIpc) is 2.95. The van der Waals surface area contributed by atoms with E-state index in [2.05, 4.69) is 10.6 Å². The Kier molecular flexibility index (Phi) is 6.03. The van der Waals surface area contributed by atoms with E-state index in [0.717, 1.165) is 38.8 Å². The zero-order valence-electron chi connectivity index (χ0n) is 12.8. The molecule has 2 rings (SSSR count). The summed E-state index contributed by atoms with van der Waals surface area (Å²) in [6.45, 7) is 1.84. The highest BCUT2D eigenvalue weighted by Gasteiger charge is 2.33. The van der Waals surface area contributed by atoms with Gasteiger partial charge in [0.25, 0.3) is 0 Å². The summed E-state index contributed by atoms with van der Waals surface area (Å²) in [6.07, 6.45) is 5.59. The first-order valence-corrected chi connectivity index (χ1v) is 8.11. The van der Waals surface area contributed by atoms with E-state index in [-0.39, 0.29) is 36.9 Å². The van der Waals surface area contributed by atoms with Gasteiger partial charge in [0.15, 0.2) is 0 Å². The molecule has 0 bridgehead atoms. The Bertz CT molecular complexity index is 421. The zero-order chi connectivity index (χ0) is 15.9. The van der Waals surface area contributed by atoms with Gasteiger partial charge in [0, 0.05) is 31.6 Å². The first kappa shape index (κ1) is 16.6. The van der Waals surface area contributed by atoms with E-state index in [1.165, 1.54) is 6.42 Å². The summed E-state index contributed by atoms with van der Waals surface area (Å²) in [5, 5.41) is 13.9. The molecule has 1 aliphatic heterocycles. The molecule has 3 N–H and O–H groups in total. The monoisotopic (exact) mass is 311 g/mol. The summed E-state index contributed by atoms with van der Waals surface area (Å²) in [7, 11) is 0. The number of amides is 3. The first-order valence-electron chi connectivity index (χ1n) is 8.11. The van der Waals surface area contributed by atoms with Gasteiger partial charge in [-0.05, 0) is 38.5 Å². The maximum atomic E-state index is 12.4. The van der Waals surface area contributed by atoms with Crippen LogP contribution >= 0.6 is 0 Å². The van der Waals surface area contributed by atoms with Gasteiger partial charge in [0.1, 0.15) is 0 Å². The second kappa shape index (κ2) is 8.00. The van der Waals surface area contributed by atoms with Gasteiger partial charge >= 0.3 is 12.0 Å². The van der Waals surface area contributed by atoms with Crippen LogP contribution < -0.4 is 10.6 Å². The normalized spacial score (nSPS) is 24.8. The number of carboxylic acids is 1. The van der Waals surface area contributed by atoms with Crippen molar-refractivity contribution in [3.8, 4) is 0 Å². The molecule has 1 aliphatic carbocycles. The molecule has 3 amide bonds. The Hall–Kier alpha value is -1.79. The molecule has 22 heavy (non-hydrogen) atoms. The maximum absolute atomic E-state index is 12.4. The van der Waals surface area contributed by atoms with Crippen LogP contribution in [-0.2, 0) is 9.59 Å². The third-order valence-corrected chi connectivity index (χ3v) is 4.41. The van der Waals surface area contributed by atoms with Crippen molar-refractivity contribution in [3.05, 3.63) is 0 Å². The van der Waals surface area contributed by atoms with Crippen molar-refractivity contribution in [2.75, 3.05) is 19.6 Å². The molecule has 1 saturated heterocycles. The highest BCUT2D eigenvalue weighted by Crippen LogP contribution is 2.28. The molecule has 2 aliphatic rings. The quantitative estimate of drug-likeness (QED) is 0.703. The van der Waals surface area contributed by atoms with Gasteiger partial charge in [-0.25, -0.2) is 4.79 Å². The van der Waals surface area contributed by atoms with Crippen LogP contribution in [0.4, 0.5) is 4.79 Å². The fraction of sp³-hybridized carbons (Fsp3) is 0.800. The SMILES string of the molecule is O=C(O)CCNC(=O)N[C@H]1CC[C@@H](C(=O)N2CCCCC2)C1. The molecule has 2 fully saturated rings. The van der Waals surface area contributed by atoms with Gasteiger partial charge in [0.2, 0.25) is 5.91 Å². The maximum Gasteiger partial charge on any atom is 0.315 e. The molecule has 0 spiro atoms. The topological polar surface area (TPSA) is 98.7 Å². The van der Waals surface area contributed by atoms with Gasteiger partial charge in [-0.2, -0.15) is 0 Å². The van der Waals surface area contributed by atoms with E-state index in [4.69, 9.17) is 5.11 Å². The number of piperidine rings is 1. The van der Waals surface area contributed by atoms with Crippen LogP contribution in [0.1, 0.15) is 44.9 Å². The van der Waals surface area contributed by atoms with Gasteiger partial charge < -0.3 is 20.6 Å². The molecule has 1 heterocycles. The number of urea groups is 1. The second-order valence-electron chi connectivity index (χ2n) is 6.14. The number of nitrogens with one attached hydrogen (secondary N) is 2. The Morgan fingerprint density at radius 3 is 2.50 bits per heavy atom. The summed E-state index contributed by atoms with van der Waals surface area (Å²) >= 11 is 0. The smallest absolute Gasteiger partial charge is 0.315 e. The predicted molar refractivity (Wildman–Crippen MR) is 80.3 cm³/mol. The van der Waals surface area contributed by atoms with Crippen molar-refractivity contribution in [3.63, 3.8) is 0 Å². The van der Waals surface area contributed by atoms with E-state index in [9.17, 15) is 14.4 Å². The highest BCUT2D eigenvalue weighted by molar-refractivity contribution is 5.80. The van der Waals surface area contributed by atoms with Gasteiger partial charge in [-0.1, -0.05) is 0 Å². The molecular weight excluding hydrogens is 286 g/mol. The van der Waals surface area contributed by atoms with E-state index >= 15 is 0 Å². The summed E-state index contributed by atoms with van der Waals surface area (Å²) < 4.78 is 0. The summed E-state index contributed by atoms with van der Waals surface area (Å²) in [6, 6.07) is -0.346. The highest BCUT2D eigenvalue weighted by atomic mass is 16.4. The second-order valence-corrected chi connectivity index (χ2v) is 6.14. The number of aliphatic carboxylic acids is 1. The minimum atomic E-state index is -0.937. The number of nitrogens with zero attached hydrogens (tertiary/aromatic N) is 1. The number of carbonyl (C=O) groups is 3. The van der Waals surface area contributed by atoms with E-state index < -0.39 is 5.97 Å². The molecular formula is C15H25N3O4. The fourth-order valence-electron chi connectivity index (χ4n) is 3.23. The van der Waals surface area contributed by atoms with Crippen molar-refractivity contribution in [1.29, 1.82) is 0 Å². The lowest BCUT2D eigenvalue weighted by atomic mass is 10.0. The molecule has 1 saturated carbocycles. The van der Waals surface area contributed by atoms with Crippen molar-refractivity contribution < 1.29 is 19.5 Å². The summed E-state index contributed by atoms with van der Waals surface area (Å²) in [4.78, 5) is 36.4. The van der Waals surface area contributed by atoms with Crippen molar-refractivity contribution in [1.82, 2.24) is 15.5 Å². The lowest BCUT2D eigenvalue weighted by Gasteiger charge is -2.29. The van der Waals surface area contributed by atoms with Crippen LogP contribution in [0.25, 0.3) is 0 Å². The minimum absolute atomic E-state index is 0.00330. The summed E-state index contributed by atoms with van der Waals surface area (Å²) in [5.41, 5.74) is 0. The van der Waals surface area contributed by atoms with Crippen LogP contribution in [0.3, 0.4) is 0 Å². The number of carboxylic acid groups (broad SMARTS) is 1. The molecule has 7 nitrogen and oxygen atoms in total. The Balaban J connectivity index is 1.69. The number of rotatable bonds is 5. The van der Waals surface area contributed by atoms with Gasteiger partial charge in [-0.3, -0.25) is 9.59 Å². The third-order valence-electron chi connectivity index (χ3n) is 4.41. The van der Waals surface area contributed by atoms with Crippen LogP contribution in [0.5, 0.6) is 0 Å². The molecule has 0 aromatic carbocycles. The van der Waals surface area contributed by atoms with Crippen LogP contribution in [0.15, 0.2) is 0 Å². The number of hydrogen-bond acceptors (Lipinski definition) is 3. The van der Waals surface area contributed by atoms with Crippen molar-refractivity contribution >= 4 is 17.9 Å². The third kappa shape index (κ3) is 4.89. The van der Waals surface area contributed by atoms with E-state index in [1.54, 1.807) is 0 Å². The van der Waals surface area contributed by atoms with Gasteiger partial charge in [0.05, 0.1) is 6.42 Å². The number of carbonyl (C=O) groups excluding carboxylic acids is 2. The minimum Gasteiger partial charge on any atom is -0.481 e. The number of likely N-dealkylation sites (tertiary alicyclic amines) is 1. The average molecular weight is 311 g/mol. The fourth-order valence-corrected chi connectivity index (χ4v) is 3.23. The molecule has 0 aromatic heterocycles. The molecule has 124 valence electrons. The molecule has 2 atom stereocenters. The number of hydrogen-bond donors (Lipinski definition) is 3. The van der Waals surface area contributed by atoms with E-state index in [0.29, 0.717) is 6.42 Å². The molecule has 0 aromatic rings. The first-order chi connectivity index (χ1) is 10.6.